The standard InChI is InChI=1S/C16H17ClN2O2/c1-21-15-8-7-13(9-14(15)17)18-11-16(20)19-10-12-5-3-2-4-6-12/h2-9,18H,10-11H2,1H3,(H,19,20). The predicted octanol–water partition coefficient (Wildman–Crippen LogP) is 3.08. The van der Waals surface area contributed by atoms with Crippen LogP contribution < -0.4 is 15.4 Å². The molecule has 0 fully saturated rings. The molecule has 2 N–H and O–H groups in total. The Morgan fingerprint density at radius 3 is 2.62 bits per heavy atom. The van der Waals surface area contributed by atoms with Gasteiger partial charge in [-0.3, -0.25) is 4.79 Å². The zero-order valence-corrected chi connectivity index (χ0v) is 12.5. The molecule has 0 spiro atoms. The van der Waals surface area contributed by atoms with Gasteiger partial charge in [0, 0.05) is 12.2 Å². The first-order valence-electron chi connectivity index (χ1n) is 6.57. The largest absolute Gasteiger partial charge is 0.495 e. The molecule has 0 saturated heterocycles. The maximum Gasteiger partial charge on any atom is 0.239 e. The second kappa shape index (κ2) is 7.55. The molecule has 0 aliphatic carbocycles. The van der Waals surface area contributed by atoms with Gasteiger partial charge < -0.3 is 15.4 Å². The van der Waals surface area contributed by atoms with Gasteiger partial charge in [0.15, 0.2) is 0 Å². The summed E-state index contributed by atoms with van der Waals surface area (Å²) in [5.41, 5.74) is 1.84. The second-order valence-corrected chi connectivity index (χ2v) is 4.87. The van der Waals surface area contributed by atoms with Crippen molar-refractivity contribution in [2.75, 3.05) is 19.0 Å². The van der Waals surface area contributed by atoms with E-state index in [-0.39, 0.29) is 12.5 Å². The van der Waals surface area contributed by atoms with Crippen molar-refractivity contribution < 1.29 is 9.53 Å². The number of benzene rings is 2. The minimum Gasteiger partial charge on any atom is -0.495 e. The van der Waals surface area contributed by atoms with Gasteiger partial charge in [0.1, 0.15) is 5.75 Å². The lowest BCUT2D eigenvalue weighted by molar-refractivity contribution is -0.119. The van der Waals surface area contributed by atoms with Gasteiger partial charge in [0.2, 0.25) is 5.91 Å². The number of rotatable bonds is 6. The quantitative estimate of drug-likeness (QED) is 0.862. The summed E-state index contributed by atoms with van der Waals surface area (Å²) in [6.45, 7) is 0.709. The molecule has 0 unspecified atom stereocenters. The molecule has 2 rings (SSSR count). The lowest BCUT2D eigenvalue weighted by atomic mass is 10.2. The molecule has 0 atom stereocenters. The first kappa shape index (κ1) is 15.2. The van der Waals surface area contributed by atoms with Crippen molar-refractivity contribution in [2.45, 2.75) is 6.54 Å². The number of hydrogen-bond donors (Lipinski definition) is 2. The molecule has 0 saturated carbocycles. The topological polar surface area (TPSA) is 50.4 Å². The zero-order chi connectivity index (χ0) is 15.1. The Balaban J connectivity index is 1.80. The van der Waals surface area contributed by atoms with Crippen LogP contribution in [0.25, 0.3) is 0 Å². The maximum absolute atomic E-state index is 11.8. The maximum atomic E-state index is 11.8. The lowest BCUT2D eigenvalue weighted by Gasteiger charge is -2.09. The third-order valence-corrected chi connectivity index (χ3v) is 3.23. The van der Waals surface area contributed by atoms with Crippen LogP contribution in [0.15, 0.2) is 48.5 Å². The summed E-state index contributed by atoms with van der Waals surface area (Å²) >= 11 is 6.02. The van der Waals surface area contributed by atoms with Crippen molar-refractivity contribution >= 4 is 23.2 Å². The van der Waals surface area contributed by atoms with Crippen molar-refractivity contribution in [3.63, 3.8) is 0 Å². The highest BCUT2D eigenvalue weighted by molar-refractivity contribution is 6.32. The van der Waals surface area contributed by atoms with Gasteiger partial charge in [-0.1, -0.05) is 41.9 Å². The summed E-state index contributed by atoms with van der Waals surface area (Å²) in [7, 11) is 1.56. The first-order chi connectivity index (χ1) is 10.2. The van der Waals surface area contributed by atoms with E-state index in [1.165, 1.54) is 0 Å². The average molecular weight is 305 g/mol. The van der Waals surface area contributed by atoms with Crippen molar-refractivity contribution in [3.8, 4) is 5.75 Å². The number of halogens is 1. The van der Waals surface area contributed by atoms with Crippen LogP contribution in [-0.2, 0) is 11.3 Å². The lowest BCUT2D eigenvalue weighted by Crippen LogP contribution is -2.29. The monoisotopic (exact) mass is 304 g/mol. The van der Waals surface area contributed by atoms with Crippen LogP contribution in [0.5, 0.6) is 5.75 Å². The van der Waals surface area contributed by atoms with Crippen LogP contribution in [0.1, 0.15) is 5.56 Å². The minimum atomic E-state index is -0.0780. The minimum absolute atomic E-state index is 0.0780. The summed E-state index contributed by atoms with van der Waals surface area (Å²) in [5, 5.41) is 6.37. The molecule has 4 nitrogen and oxygen atoms in total. The Bertz CT molecular complexity index is 602. The number of carbonyl (C=O) groups is 1. The van der Waals surface area contributed by atoms with Crippen molar-refractivity contribution in [1.82, 2.24) is 5.32 Å². The molecule has 0 bridgehead atoms. The van der Waals surface area contributed by atoms with E-state index in [0.717, 1.165) is 11.3 Å². The zero-order valence-electron chi connectivity index (χ0n) is 11.7. The highest BCUT2D eigenvalue weighted by Gasteiger charge is 2.04. The predicted molar refractivity (Wildman–Crippen MR) is 84.8 cm³/mol. The van der Waals surface area contributed by atoms with E-state index in [9.17, 15) is 4.79 Å². The number of hydrogen-bond acceptors (Lipinski definition) is 3. The van der Waals surface area contributed by atoms with E-state index in [2.05, 4.69) is 10.6 Å². The molecule has 1 amide bonds. The Labute approximate surface area is 129 Å². The van der Waals surface area contributed by atoms with E-state index in [4.69, 9.17) is 16.3 Å². The third kappa shape index (κ3) is 4.68. The fourth-order valence-corrected chi connectivity index (χ4v) is 2.08. The van der Waals surface area contributed by atoms with Crippen LogP contribution in [0.2, 0.25) is 5.02 Å². The molecular weight excluding hydrogens is 288 g/mol. The highest BCUT2D eigenvalue weighted by Crippen LogP contribution is 2.26. The smallest absolute Gasteiger partial charge is 0.239 e. The molecule has 5 heteroatoms. The fourth-order valence-electron chi connectivity index (χ4n) is 1.82. The van der Waals surface area contributed by atoms with Crippen LogP contribution in [-0.4, -0.2) is 19.6 Å². The summed E-state index contributed by atoms with van der Waals surface area (Å²) in [6, 6.07) is 15.1. The van der Waals surface area contributed by atoms with Gasteiger partial charge in [-0.25, -0.2) is 0 Å². The number of amides is 1. The van der Waals surface area contributed by atoms with E-state index in [0.29, 0.717) is 17.3 Å². The molecule has 0 radical (unpaired) electrons. The van der Waals surface area contributed by atoms with E-state index in [1.807, 2.05) is 36.4 Å². The van der Waals surface area contributed by atoms with Gasteiger partial charge in [0.05, 0.1) is 18.7 Å². The van der Waals surface area contributed by atoms with E-state index >= 15 is 0 Å². The summed E-state index contributed by atoms with van der Waals surface area (Å²) in [5.74, 6) is 0.529. The van der Waals surface area contributed by atoms with Crippen molar-refractivity contribution in [2.24, 2.45) is 0 Å². The second-order valence-electron chi connectivity index (χ2n) is 4.47. The van der Waals surface area contributed by atoms with Gasteiger partial charge in [-0.05, 0) is 23.8 Å². The third-order valence-electron chi connectivity index (χ3n) is 2.94. The van der Waals surface area contributed by atoms with Crippen LogP contribution in [0, 0.1) is 0 Å². The van der Waals surface area contributed by atoms with Gasteiger partial charge in [-0.2, -0.15) is 0 Å². The summed E-state index contributed by atoms with van der Waals surface area (Å²) < 4.78 is 5.07. The summed E-state index contributed by atoms with van der Waals surface area (Å²) in [6.07, 6.45) is 0. The van der Waals surface area contributed by atoms with E-state index in [1.54, 1.807) is 19.2 Å². The van der Waals surface area contributed by atoms with Crippen molar-refractivity contribution in [3.05, 3.63) is 59.1 Å². The van der Waals surface area contributed by atoms with Gasteiger partial charge >= 0.3 is 0 Å². The van der Waals surface area contributed by atoms with Crippen LogP contribution in [0.4, 0.5) is 5.69 Å². The number of methoxy groups -OCH3 is 1. The molecule has 2 aromatic rings. The van der Waals surface area contributed by atoms with E-state index < -0.39 is 0 Å². The number of ether oxygens (including phenoxy) is 1. The molecule has 0 aromatic heterocycles. The van der Waals surface area contributed by atoms with Gasteiger partial charge in [0.25, 0.3) is 0 Å². The summed E-state index contributed by atoms with van der Waals surface area (Å²) in [4.78, 5) is 11.8. The Morgan fingerprint density at radius 1 is 1.19 bits per heavy atom. The fraction of sp³-hybridized carbons (Fsp3) is 0.188. The van der Waals surface area contributed by atoms with Gasteiger partial charge in [-0.15, -0.1) is 0 Å². The number of carbonyl (C=O) groups excluding carboxylic acids is 1. The molecule has 0 heterocycles. The Kier molecular flexibility index (Phi) is 5.46. The Morgan fingerprint density at radius 2 is 1.95 bits per heavy atom. The number of nitrogens with one attached hydrogen (secondary N) is 2. The Hall–Kier alpha value is -2.20. The van der Waals surface area contributed by atoms with Crippen LogP contribution in [0.3, 0.4) is 0 Å². The normalized spacial score (nSPS) is 10.0. The van der Waals surface area contributed by atoms with Crippen molar-refractivity contribution in [1.29, 1.82) is 0 Å². The molecule has 2 aromatic carbocycles. The molecule has 110 valence electrons. The molecule has 0 aliphatic rings. The first-order valence-corrected chi connectivity index (χ1v) is 6.95. The molecule has 0 aliphatic heterocycles. The highest BCUT2D eigenvalue weighted by atomic mass is 35.5. The molecular formula is C16H17ClN2O2. The van der Waals surface area contributed by atoms with Crippen LogP contribution >= 0.6 is 11.6 Å². The number of anilines is 1. The SMILES string of the molecule is COc1ccc(NCC(=O)NCc2ccccc2)cc1Cl. The molecule has 21 heavy (non-hydrogen) atoms. The average Bonchev–Trinajstić information content (AvgIpc) is 2.52.